The minimum Gasteiger partial charge on any atom is -0.383 e. The second kappa shape index (κ2) is 10.0. The Morgan fingerprint density at radius 2 is 1.89 bits per heavy atom. The fourth-order valence-corrected chi connectivity index (χ4v) is 4.23. The zero-order valence-corrected chi connectivity index (χ0v) is 18.0. The van der Waals surface area contributed by atoms with Gasteiger partial charge >= 0.3 is 5.69 Å². The highest BCUT2D eigenvalue weighted by molar-refractivity contribution is 8.00. The predicted molar refractivity (Wildman–Crippen MR) is 116 cm³/mol. The smallest absolute Gasteiger partial charge is 0.330 e. The maximum atomic E-state index is 12.8. The first-order valence-electron chi connectivity index (χ1n) is 8.81. The van der Waals surface area contributed by atoms with Crippen LogP contribution in [0.2, 0.25) is 10.0 Å². The van der Waals surface area contributed by atoms with Gasteiger partial charge in [-0.25, -0.2) is 4.79 Å². The first-order valence-corrected chi connectivity index (χ1v) is 10.6. The molecule has 1 heterocycles. The molecule has 0 aliphatic carbocycles. The SMILES string of the molecule is CCCCn1c(N)c(N(CC)C(=O)CSc2c(Cl)cccc2Cl)c(=O)[nH]c1=O. The quantitative estimate of drug-likeness (QED) is 0.607. The van der Waals surface area contributed by atoms with Crippen molar-refractivity contribution in [2.45, 2.75) is 38.1 Å². The van der Waals surface area contributed by atoms with Crippen molar-refractivity contribution in [2.24, 2.45) is 0 Å². The molecule has 3 N–H and O–H groups in total. The van der Waals surface area contributed by atoms with Crippen LogP contribution < -0.4 is 21.9 Å². The summed E-state index contributed by atoms with van der Waals surface area (Å²) in [6.45, 7) is 4.29. The number of anilines is 2. The van der Waals surface area contributed by atoms with Gasteiger partial charge in [-0.1, -0.05) is 42.6 Å². The number of rotatable bonds is 8. The van der Waals surface area contributed by atoms with Crippen LogP contribution in [0.4, 0.5) is 11.5 Å². The number of amides is 1. The predicted octanol–water partition coefficient (Wildman–Crippen LogP) is 3.37. The number of halogens is 2. The van der Waals surface area contributed by atoms with Crippen LogP contribution in [-0.2, 0) is 11.3 Å². The lowest BCUT2D eigenvalue weighted by atomic mass is 10.3. The number of nitrogens with one attached hydrogen (secondary N) is 1. The molecule has 0 atom stereocenters. The maximum Gasteiger partial charge on any atom is 0.330 e. The minimum absolute atomic E-state index is 0.00423. The van der Waals surface area contributed by atoms with E-state index in [4.69, 9.17) is 28.9 Å². The Balaban J connectivity index is 2.33. The maximum absolute atomic E-state index is 12.8. The molecule has 1 aromatic heterocycles. The molecule has 2 rings (SSSR count). The fraction of sp³-hybridized carbons (Fsp3) is 0.389. The molecule has 0 aliphatic heterocycles. The summed E-state index contributed by atoms with van der Waals surface area (Å²) in [6.07, 6.45) is 1.57. The average Bonchev–Trinajstić information content (AvgIpc) is 2.64. The van der Waals surface area contributed by atoms with Crippen molar-refractivity contribution in [1.29, 1.82) is 0 Å². The van der Waals surface area contributed by atoms with Gasteiger partial charge < -0.3 is 10.6 Å². The van der Waals surface area contributed by atoms with Gasteiger partial charge in [0.2, 0.25) is 5.91 Å². The fourth-order valence-electron chi connectivity index (χ4n) is 2.67. The normalized spacial score (nSPS) is 10.9. The average molecular weight is 445 g/mol. The van der Waals surface area contributed by atoms with Gasteiger partial charge in [-0.3, -0.25) is 19.1 Å². The number of hydrogen-bond donors (Lipinski definition) is 2. The minimum atomic E-state index is -0.689. The van der Waals surface area contributed by atoms with Crippen LogP contribution in [0.5, 0.6) is 0 Å². The van der Waals surface area contributed by atoms with Crippen molar-refractivity contribution in [2.75, 3.05) is 22.9 Å². The highest BCUT2D eigenvalue weighted by Gasteiger charge is 2.23. The van der Waals surface area contributed by atoms with Gasteiger partial charge in [-0.2, -0.15) is 0 Å². The number of aromatic amines is 1. The summed E-state index contributed by atoms with van der Waals surface area (Å²) in [6, 6.07) is 5.09. The molecule has 10 heteroatoms. The van der Waals surface area contributed by atoms with E-state index in [-0.39, 0.29) is 29.7 Å². The van der Waals surface area contributed by atoms with Crippen molar-refractivity contribution < 1.29 is 4.79 Å². The van der Waals surface area contributed by atoms with E-state index in [1.807, 2.05) is 6.92 Å². The van der Waals surface area contributed by atoms with E-state index >= 15 is 0 Å². The summed E-state index contributed by atoms with van der Waals surface area (Å²) in [5, 5.41) is 0.887. The number of carbonyl (C=O) groups is 1. The third-order valence-electron chi connectivity index (χ3n) is 4.10. The summed E-state index contributed by atoms with van der Waals surface area (Å²) >= 11 is 13.5. The van der Waals surface area contributed by atoms with Gasteiger partial charge in [-0.05, 0) is 25.5 Å². The molecule has 0 fully saturated rings. The summed E-state index contributed by atoms with van der Waals surface area (Å²) < 4.78 is 1.29. The number of nitrogens with two attached hydrogens (primary N) is 1. The number of nitrogen functional groups attached to an aromatic ring is 1. The van der Waals surface area contributed by atoms with Crippen molar-refractivity contribution in [3.05, 3.63) is 49.1 Å². The van der Waals surface area contributed by atoms with E-state index in [9.17, 15) is 14.4 Å². The molecule has 0 unspecified atom stereocenters. The van der Waals surface area contributed by atoms with Crippen LogP contribution >= 0.6 is 35.0 Å². The van der Waals surface area contributed by atoms with Gasteiger partial charge in [0.1, 0.15) is 5.82 Å². The number of H-pyrrole nitrogens is 1. The molecular formula is C18H22Cl2N4O3S. The van der Waals surface area contributed by atoms with E-state index < -0.39 is 11.2 Å². The van der Waals surface area contributed by atoms with Crippen molar-refractivity contribution in [3.8, 4) is 0 Å². The lowest BCUT2D eigenvalue weighted by Gasteiger charge is -2.23. The molecule has 0 spiro atoms. The number of carbonyl (C=O) groups excluding carboxylic acids is 1. The Hall–Kier alpha value is -1.90. The molecule has 0 aliphatic rings. The number of aromatic nitrogens is 2. The number of nitrogens with zero attached hydrogens (tertiary/aromatic N) is 2. The van der Waals surface area contributed by atoms with Crippen LogP contribution in [0.1, 0.15) is 26.7 Å². The van der Waals surface area contributed by atoms with Crippen LogP contribution in [0.15, 0.2) is 32.7 Å². The Labute approximate surface area is 176 Å². The summed E-state index contributed by atoms with van der Waals surface area (Å²) in [4.78, 5) is 41.4. The van der Waals surface area contributed by atoms with E-state index in [1.165, 1.54) is 21.2 Å². The lowest BCUT2D eigenvalue weighted by molar-refractivity contribution is -0.116. The molecule has 0 saturated carbocycles. The summed E-state index contributed by atoms with van der Waals surface area (Å²) in [5.74, 6) is -0.357. The van der Waals surface area contributed by atoms with Crippen LogP contribution in [0, 0.1) is 0 Å². The Kier molecular flexibility index (Phi) is 8.03. The highest BCUT2D eigenvalue weighted by atomic mass is 35.5. The standard InChI is InChI=1S/C18H22Cl2N4O3S/c1-3-5-9-24-16(21)14(17(26)22-18(24)27)23(4-2)13(25)10-28-15-11(19)7-6-8-12(15)20/h6-8H,3-5,9-10,21H2,1-2H3,(H,22,26,27). The van der Waals surface area contributed by atoms with E-state index in [2.05, 4.69) is 4.98 Å². The molecule has 0 saturated heterocycles. The van der Waals surface area contributed by atoms with E-state index in [0.717, 1.165) is 12.8 Å². The third kappa shape index (κ3) is 4.92. The second-order valence-electron chi connectivity index (χ2n) is 5.98. The van der Waals surface area contributed by atoms with Crippen LogP contribution in [0.25, 0.3) is 0 Å². The lowest BCUT2D eigenvalue weighted by Crippen LogP contribution is -2.41. The Bertz CT molecular complexity index is 954. The molecular weight excluding hydrogens is 423 g/mol. The number of thioether (sulfide) groups is 1. The third-order valence-corrected chi connectivity index (χ3v) is 6.07. The molecule has 1 aromatic carbocycles. The Morgan fingerprint density at radius 3 is 2.46 bits per heavy atom. The Morgan fingerprint density at radius 1 is 1.25 bits per heavy atom. The first-order chi connectivity index (χ1) is 13.3. The summed E-state index contributed by atoms with van der Waals surface area (Å²) in [7, 11) is 0. The second-order valence-corrected chi connectivity index (χ2v) is 7.78. The van der Waals surface area contributed by atoms with Gasteiger partial charge in [0.15, 0.2) is 5.69 Å². The van der Waals surface area contributed by atoms with E-state index in [1.54, 1.807) is 25.1 Å². The van der Waals surface area contributed by atoms with E-state index in [0.29, 0.717) is 21.5 Å². The summed E-state index contributed by atoms with van der Waals surface area (Å²) in [5.41, 5.74) is 4.80. The molecule has 28 heavy (non-hydrogen) atoms. The number of hydrogen-bond acceptors (Lipinski definition) is 5. The van der Waals surface area contributed by atoms with Crippen LogP contribution in [-0.4, -0.2) is 27.8 Å². The molecule has 0 radical (unpaired) electrons. The molecule has 7 nitrogen and oxygen atoms in total. The van der Waals surface area contributed by atoms with Gasteiger partial charge in [0, 0.05) is 18.0 Å². The van der Waals surface area contributed by atoms with Gasteiger partial charge in [0.25, 0.3) is 5.56 Å². The van der Waals surface area contributed by atoms with Gasteiger partial charge in [0.05, 0.1) is 15.8 Å². The monoisotopic (exact) mass is 444 g/mol. The number of benzene rings is 1. The van der Waals surface area contributed by atoms with Crippen molar-refractivity contribution in [3.63, 3.8) is 0 Å². The zero-order chi connectivity index (χ0) is 20.8. The highest BCUT2D eigenvalue weighted by Crippen LogP contribution is 2.34. The first kappa shape index (κ1) is 22.4. The molecule has 0 bridgehead atoms. The molecule has 1 amide bonds. The molecule has 2 aromatic rings. The van der Waals surface area contributed by atoms with Crippen LogP contribution in [0.3, 0.4) is 0 Å². The topological polar surface area (TPSA) is 101 Å². The zero-order valence-electron chi connectivity index (χ0n) is 15.6. The largest absolute Gasteiger partial charge is 0.383 e. The number of unbranched alkanes of at least 4 members (excludes halogenated alkanes) is 1. The molecule has 152 valence electrons. The van der Waals surface area contributed by atoms with Crippen molar-refractivity contribution >= 4 is 52.4 Å². The van der Waals surface area contributed by atoms with Crippen molar-refractivity contribution in [1.82, 2.24) is 9.55 Å². The van der Waals surface area contributed by atoms with Gasteiger partial charge in [-0.15, -0.1) is 11.8 Å².